The van der Waals surface area contributed by atoms with E-state index < -0.39 is 16.6 Å². The molecular formula is C14H17ClFN3OS. The second kappa shape index (κ2) is 6.58. The smallest absolute Gasteiger partial charge is 0.124 e. The normalized spacial score (nSPS) is 12.6. The molecule has 21 heavy (non-hydrogen) atoms. The molecule has 0 saturated carbocycles. The van der Waals surface area contributed by atoms with Crippen molar-refractivity contribution in [1.82, 2.24) is 9.78 Å². The molecule has 4 nitrogen and oxygen atoms in total. The van der Waals surface area contributed by atoms with Crippen LogP contribution in [0.15, 0.2) is 23.1 Å². The van der Waals surface area contributed by atoms with Crippen molar-refractivity contribution in [3.8, 4) is 0 Å². The summed E-state index contributed by atoms with van der Waals surface area (Å²) in [5, 5.41) is 4.91. The van der Waals surface area contributed by atoms with Crippen molar-refractivity contribution in [2.75, 3.05) is 5.73 Å². The fourth-order valence-electron chi connectivity index (χ4n) is 2.06. The first-order chi connectivity index (χ1) is 9.97. The Balaban J connectivity index is 2.35. The van der Waals surface area contributed by atoms with E-state index in [0.29, 0.717) is 29.4 Å². The van der Waals surface area contributed by atoms with Crippen molar-refractivity contribution in [2.45, 2.75) is 37.5 Å². The summed E-state index contributed by atoms with van der Waals surface area (Å²) < 4.78 is 27.5. The van der Waals surface area contributed by atoms with E-state index in [4.69, 9.17) is 17.3 Å². The zero-order chi connectivity index (χ0) is 15.6. The predicted molar refractivity (Wildman–Crippen MR) is 83.2 cm³/mol. The summed E-state index contributed by atoms with van der Waals surface area (Å²) >= 11 is 6.29. The van der Waals surface area contributed by atoms with Crippen LogP contribution >= 0.6 is 11.6 Å². The van der Waals surface area contributed by atoms with E-state index in [0.717, 1.165) is 5.69 Å². The van der Waals surface area contributed by atoms with Crippen LogP contribution in [-0.4, -0.2) is 14.0 Å². The first kappa shape index (κ1) is 16.0. The van der Waals surface area contributed by atoms with E-state index in [1.165, 1.54) is 18.2 Å². The first-order valence-corrected chi connectivity index (χ1v) is 8.35. The van der Waals surface area contributed by atoms with Crippen molar-refractivity contribution in [1.29, 1.82) is 0 Å². The number of hydrogen-bond donors (Lipinski definition) is 1. The van der Waals surface area contributed by atoms with Crippen molar-refractivity contribution in [3.05, 3.63) is 40.4 Å². The summed E-state index contributed by atoms with van der Waals surface area (Å²) in [5.74, 6) is -0.301. The summed E-state index contributed by atoms with van der Waals surface area (Å²) in [6.45, 7) is 4.52. The molecule has 0 fully saturated rings. The van der Waals surface area contributed by atoms with Crippen molar-refractivity contribution >= 4 is 28.1 Å². The van der Waals surface area contributed by atoms with Crippen molar-refractivity contribution in [3.63, 3.8) is 0 Å². The largest absolute Gasteiger partial charge is 0.398 e. The van der Waals surface area contributed by atoms with Gasteiger partial charge in [-0.25, -0.2) is 4.39 Å². The molecule has 0 aliphatic rings. The summed E-state index contributed by atoms with van der Waals surface area (Å²) in [6.07, 6.45) is 0.702. The number of halogens is 2. The minimum atomic E-state index is -1.48. The highest BCUT2D eigenvalue weighted by Crippen LogP contribution is 2.26. The number of aromatic nitrogens is 2. The summed E-state index contributed by atoms with van der Waals surface area (Å²) in [6, 6.07) is 3.86. The van der Waals surface area contributed by atoms with Gasteiger partial charge in [0.25, 0.3) is 0 Å². The fourth-order valence-corrected chi connectivity index (χ4v) is 3.75. The molecule has 0 saturated heterocycles. The number of nitrogens with zero attached hydrogens (tertiary/aromatic N) is 2. The molecule has 0 aliphatic heterocycles. The lowest BCUT2D eigenvalue weighted by Gasteiger charge is -2.08. The van der Waals surface area contributed by atoms with E-state index in [2.05, 4.69) is 5.10 Å². The van der Waals surface area contributed by atoms with E-state index in [-0.39, 0.29) is 10.6 Å². The topological polar surface area (TPSA) is 60.9 Å². The van der Waals surface area contributed by atoms with Gasteiger partial charge in [-0.2, -0.15) is 5.10 Å². The van der Waals surface area contributed by atoms with Gasteiger partial charge < -0.3 is 5.73 Å². The average molecular weight is 330 g/mol. The van der Waals surface area contributed by atoms with Gasteiger partial charge in [0.05, 0.1) is 37.9 Å². The van der Waals surface area contributed by atoms with Gasteiger partial charge in [-0.05, 0) is 31.5 Å². The van der Waals surface area contributed by atoms with E-state index in [1.807, 2.05) is 13.8 Å². The molecule has 0 radical (unpaired) electrons. The van der Waals surface area contributed by atoms with Gasteiger partial charge in [-0.1, -0.05) is 18.5 Å². The second-order valence-corrected chi connectivity index (χ2v) is 6.35. The number of benzene rings is 1. The monoisotopic (exact) mass is 329 g/mol. The van der Waals surface area contributed by atoms with Crippen LogP contribution in [0, 0.1) is 5.82 Å². The molecule has 2 rings (SSSR count). The average Bonchev–Trinajstić information content (AvgIpc) is 2.77. The maximum Gasteiger partial charge on any atom is 0.124 e. The summed E-state index contributed by atoms with van der Waals surface area (Å²) in [4.78, 5) is 0.285. The van der Waals surface area contributed by atoms with Gasteiger partial charge in [0.15, 0.2) is 0 Å². The minimum absolute atomic E-state index is 0.160. The first-order valence-electron chi connectivity index (χ1n) is 6.65. The summed E-state index contributed by atoms with van der Waals surface area (Å²) in [7, 11) is -1.48. The standard InChI is InChI=1S/C14H17ClFN3OS/c1-3-11-14(15)12(19(4-2)18-11)8-21(20)13-7-9(16)5-6-10(13)17/h5-7H,3-4,8,17H2,1-2H3. The molecule has 114 valence electrons. The van der Waals surface area contributed by atoms with Crippen LogP contribution in [0.1, 0.15) is 25.2 Å². The van der Waals surface area contributed by atoms with E-state index in [1.54, 1.807) is 4.68 Å². The lowest BCUT2D eigenvalue weighted by atomic mass is 10.3. The van der Waals surface area contributed by atoms with E-state index in [9.17, 15) is 8.60 Å². The minimum Gasteiger partial charge on any atom is -0.398 e. The molecule has 0 bridgehead atoms. The molecule has 1 heterocycles. The van der Waals surface area contributed by atoms with Gasteiger partial charge in [0, 0.05) is 12.2 Å². The predicted octanol–water partition coefficient (Wildman–Crippen LogP) is 3.15. The van der Waals surface area contributed by atoms with Gasteiger partial charge >= 0.3 is 0 Å². The Hall–Kier alpha value is -1.40. The Bertz CT molecular complexity index is 687. The molecule has 1 atom stereocenters. The van der Waals surface area contributed by atoms with Gasteiger partial charge in [-0.15, -0.1) is 0 Å². The number of nitrogens with two attached hydrogens (primary N) is 1. The zero-order valence-corrected chi connectivity index (χ0v) is 13.5. The lowest BCUT2D eigenvalue weighted by molar-refractivity contribution is 0.619. The van der Waals surface area contributed by atoms with Crippen LogP contribution in [-0.2, 0) is 29.5 Å². The Morgan fingerprint density at radius 1 is 1.43 bits per heavy atom. The highest BCUT2D eigenvalue weighted by Gasteiger charge is 2.18. The number of rotatable bonds is 5. The molecule has 0 aliphatic carbocycles. The van der Waals surface area contributed by atoms with E-state index >= 15 is 0 Å². The molecule has 2 aromatic rings. The third-order valence-electron chi connectivity index (χ3n) is 3.18. The van der Waals surface area contributed by atoms with Gasteiger partial charge in [0.1, 0.15) is 5.82 Å². The SMILES string of the molecule is CCc1nn(CC)c(CS(=O)c2cc(F)ccc2N)c1Cl. The second-order valence-electron chi connectivity index (χ2n) is 4.55. The van der Waals surface area contributed by atoms with Crippen molar-refractivity contribution < 1.29 is 8.60 Å². The van der Waals surface area contributed by atoms with Gasteiger partial charge in [0.2, 0.25) is 0 Å². The van der Waals surface area contributed by atoms with Crippen LogP contribution in [0.4, 0.5) is 10.1 Å². The Morgan fingerprint density at radius 2 is 2.14 bits per heavy atom. The highest BCUT2D eigenvalue weighted by molar-refractivity contribution is 7.84. The molecular weight excluding hydrogens is 313 g/mol. The maximum absolute atomic E-state index is 13.3. The molecule has 1 aromatic heterocycles. The Kier molecular flexibility index (Phi) is 5.00. The van der Waals surface area contributed by atoms with Crippen LogP contribution in [0.5, 0.6) is 0 Å². The highest BCUT2D eigenvalue weighted by atomic mass is 35.5. The number of anilines is 1. The van der Waals surface area contributed by atoms with Crippen LogP contribution in [0.25, 0.3) is 0 Å². The molecule has 7 heteroatoms. The van der Waals surface area contributed by atoms with Crippen LogP contribution in [0.3, 0.4) is 0 Å². The quantitative estimate of drug-likeness (QED) is 0.857. The number of nitrogen functional groups attached to an aromatic ring is 1. The maximum atomic E-state index is 13.3. The molecule has 1 aromatic carbocycles. The third kappa shape index (κ3) is 3.27. The lowest BCUT2D eigenvalue weighted by Crippen LogP contribution is -2.08. The zero-order valence-electron chi connectivity index (χ0n) is 11.9. The molecule has 1 unspecified atom stereocenters. The molecule has 0 spiro atoms. The number of aryl methyl sites for hydroxylation is 2. The van der Waals surface area contributed by atoms with Gasteiger partial charge in [-0.3, -0.25) is 8.89 Å². The number of hydrogen-bond acceptors (Lipinski definition) is 3. The van der Waals surface area contributed by atoms with Crippen LogP contribution in [0.2, 0.25) is 5.02 Å². The van der Waals surface area contributed by atoms with Crippen LogP contribution < -0.4 is 5.73 Å². The summed E-state index contributed by atoms with van der Waals surface area (Å²) in [5.41, 5.74) is 7.55. The Labute approximate surface area is 130 Å². The van der Waals surface area contributed by atoms with Crippen molar-refractivity contribution in [2.24, 2.45) is 0 Å². The Morgan fingerprint density at radius 3 is 2.76 bits per heavy atom. The molecule has 2 N–H and O–H groups in total. The fraction of sp³-hybridized carbons (Fsp3) is 0.357. The third-order valence-corrected chi connectivity index (χ3v) is 5.00. The molecule has 0 amide bonds.